The zero-order valence-electron chi connectivity index (χ0n) is 20.1. The van der Waals surface area contributed by atoms with Crippen molar-refractivity contribution in [2.24, 2.45) is 0 Å². The fourth-order valence-corrected chi connectivity index (χ4v) is 4.65. The second-order valence-corrected chi connectivity index (χ2v) is 8.94. The van der Waals surface area contributed by atoms with Crippen molar-refractivity contribution in [1.29, 1.82) is 0 Å². The van der Waals surface area contributed by atoms with E-state index in [2.05, 4.69) is 24.3 Å². The molecule has 5 rings (SSSR count). The third-order valence-corrected chi connectivity index (χ3v) is 6.52. The van der Waals surface area contributed by atoms with E-state index in [-0.39, 0.29) is 30.5 Å². The third kappa shape index (κ3) is 5.74. The molecule has 6 atom stereocenters. The summed E-state index contributed by atoms with van der Waals surface area (Å²) in [5.74, 6) is 0.788. The number of ether oxygens (including phenoxy) is 6. The number of benzene rings is 3. The molecule has 2 heterocycles. The third-order valence-electron chi connectivity index (χ3n) is 6.52. The summed E-state index contributed by atoms with van der Waals surface area (Å²) in [4.78, 5) is 0. The van der Waals surface area contributed by atoms with Gasteiger partial charge in [-0.2, -0.15) is 0 Å². The number of methoxy groups -OCH3 is 1. The van der Waals surface area contributed by atoms with Crippen LogP contribution in [0, 0.1) is 0 Å². The molecule has 6 heteroatoms. The average molecular weight is 477 g/mol. The van der Waals surface area contributed by atoms with Crippen LogP contribution < -0.4 is 4.74 Å². The molecule has 2 aliphatic heterocycles. The predicted octanol–water partition coefficient (Wildman–Crippen LogP) is 5.07. The molecule has 2 fully saturated rings. The highest BCUT2D eigenvalue weighted by Crippen LogP contribution is 2.37. The maximum atomic E-state index is 6.53. The largest absolute Gasteiger partial charge is 0.497 e. The lowest BCUT2D eigenvalue weighted by molar-refractivity contribution is -0.337. The van der Waals surface area contributed by atoms with Crippen molar-refractivity contribution < 1.29 is 28.4 Å². The lowest BCUT2D eigenvalue weighted by atomic mass is 9.94. The van der Waals surface area contributed by atoms with E-state index in [0.29, 0.717) is 19.8 Å². The van der Waals surface area contributed by atoms with Gasteiger partial charge in [-0.1, -0.05) is 72.8 Å². The summed E-state index contributed by atoms with van der Waals surface area (Å²) in [6.45, 7) is 3.38. The average Bonchev–Trinajstić information content (AvgIpc) is 2.92. The van der Waals surface area contributed by atoms with Gasteiger partial charge < -0.3 is 28.4 Å². The lowest BCUT2D eigenvalue weighted by Crippen LogP contribution is -2.62. The van der Waals surface area contributed by atoms with Crippen LogP contribution in [0.4, 0.5) is 0 Å². The van der Waals surface area contributed by atoms with Crippen molar-refractivity contribution in [3.63, 3.8) is 0 Å². The molecule has 0 unspecified atom stereocenters. The van der Waals surface area contributed by atoms with E-state index < -0.39 is 6.29 Å². The van der Waals surface area contributed by atoms with E-state index in [1.165, 1.54) is 0 Å². The molecule has 2 aliphatic rings. The van der Waals surface area contributed by atoms with Crippen LogP contribution in [-0.2, 0) is 36.9 Å². The van der Waals surface area contributed by atoms with E-state index in [1.807, 2.05) is 67.6 Å². The van der Waals surface area contributed by atoms with Crippen LogP contribution in [0.25, 0.3) is 0 Å². The fourth-order valence-electron chi connectivity index (χ4n) is 4.65. The molecular formula is C29H32O6. The van der Waals surface area contributed by atoms with Gasteiger partial charge in [0, 0.05) is 5.56 Å². The minimum absolute atomic E-state index is 0.175. The summed E-state index contributed by atoms with van der Waals surface area (Å²) >= 11 is 0. The molecule has 0 amide bonds. The van der Waals surface area contributed by atoms with Crippen LogP contribution in [0.3, 0.4) is 0 Å². The van der Waals surface area contributed by atoms with Gasteiger partial charge in [0.25, 0.3) is 0 Å². The maximum Gasteiger partial charge on any atom is 0.184 e. The summed E-state index contributed by atoms with van der Waals surface area (Å²) < 4.78 is 37.1. The van der Waals surface area contributed by atoms with Crippen molar-refractivity contribution in [3.05, 3.63) is 102 Å². The van der Waals surface area contributed by atoms with Crippen LogP contribution in [0.5, 0.6) is 5.75 Å². The normalized spacial score (nSPS) is 28.3. The molecule has 0 aliphatic carbocycles. The zero-order valence-corrected chi connectivity index (χ0v) is 20.1. The topological polar surface area (TPSA) is 55.4 Å². The molecule has 0 spiro atoms. The monoisotopic (exact) mass is 476 g/mol. The Kier molecular flexibility index (Phi) is 7.76. The highest BCUT2D eigenvalue weighted by Gasteiger charge is 2.50. The molecule has 2 saturated heterocycles. The molecule has 0 saturated carbocycles. The van der Waals surface area contributed by atoms with E-state index >= 15 is 0 Å². The van der Waals surface area contributed by atoms with Crippen LogP contribution in [0.1, 0.15) is 29.9 Å². The lowest BCUT2D eigenvalue weighted by Gasteiger charge is -2.48. The first kappa shape index (κ1) is 24.0. The molecular weight excluding hydrogens is 444 g/mol. The summed E-state index contributed by atoms with van der Waals surface area (Å²) in [5.41, 5.74) is 3.13. The number of hydrogen-bond donors (Lipinski definition) is 0. The Morgan fingerprint density at radius 3 is 1.94 bits per heavy atom. The van der Waals surface area contributed by atoms with Crippen molar-refractivity contribution in [2.75, 3.05) is 13.7 Å². The van der Waals surface area contributed by atoms with E-state index in [0.717, 1.165) is 22.4 Å². The van der Waals surface area contributed by atoms with E-state index in [1.54, 1.807) is 7.11 Å². The molecule has 3 aromatic rings. The van der Waals surface area contributed by atoms with Crippen molar-refractivity contribution in [2.45, 2.75) is 56.9 Å². The molecule has 0 aromatic heterocycles. The first-order chi connectivity index (χ1) is 17.2. The molecule has 3 aromatic carbocycles. The summed E-state index contributed by atoms with van der Waals surface area (Å²) in [6.07, 6.45) is -1.89. The van der Waals surface area contributed by atoms with Crippen molar-refractivity contribution in [1.82, 2.24) is 0 Å². The van der Waals surface area contributed by atoms with Crippen LogP contribution in [-0.4, -0.2) is 44.2 Å². The number of hydrogen-bond acceptors (Lipinski definition) is 6. The Bertz CT molecular complexity index is 1040. The zero-order chi connectivity index (χ0) is 24.0. The second kappa shape index (κ2) is 11.3. The number of rotatable bonds is 8. The Balaban J connectivity index is 1.36. The van der Waals surface area contributed by atoms with Gasteiger partial charge in [-0.25, -0.2) is 0 Å². The van der Waals surface area contributed by atoms with E-state index in [9.17, 15) is 0 Å². The maximum absolute atomic E-state index is 6.53. The first-order valence-electron chi connectivity index (χ1n) is 12.1. The molecule has 0 radical (unpaired) electrons. The van der Waals surface area contributed by atoms with Crippen LogP contribution >= 0.6 is 0 Å². The van der Waals surface area contributed by atoms with Gasteiger partial charge in [-0.05, 0) is 30.2 Å². The van der Waals surface area contributed by atoms with Gasteiger partial charge in [0.15, 0.2) is 6.29 Å². The molecule has 0 N–H and O–H groups in total. The number of fused-ring (bicyclic) bond motifs is 1. The summed E-state index contributed by atoms with van der Waals surface area (Å²) in [6, 6.07) is 28.0. The van der Waals surface area contributed by atoms with Gasteiger partial charge in [0.1, 0.15) is 30.2 Å². The highest BCUT2D eigenvalue weighted by molar-refractivity contribution is 5.28. The molecule has 6 nitrogen and oxygen atoms in total. The fraction of sp³-hybridized carbons (Fsp3) is 0.379. The van der Waals surface area contributed by atoms with Gasteiger partial charge in [-0.3, -0.25) is 0 Å². The van der Waals surface area contributed by atoms with Crippen molar-refractivity contribution >= 4 is 0 Å². The van der Waals surface area contributed by atoms with Gasteiger partial charge in [0.05, 0.1) is 33.0 Å². The quantitative estimate of drug-likeness (QED) is 0.453. The predicted molar refractivity (Wildman–Crippen MR) is 131 cm³/mol. The molecule has 35 heavy (non-hydrogen) atoms. The Morgan fingerprint density at radius 2 is 1.34 bits per heavy atom. The molecule has 184 valence electrons. The second-order valence-electron chi connectivity index (χ2n) is 8.94. The van der Waals surface area contributed by atoms with Crippen LogP contribution in [0.2, 0.25) is 0 Å². The Labute approximate surface area is 206 Å². The van der Waals surface area contributed by atoms with E-state index in [4.69, 9.17) is 28.4 Å². The van der Waals surface area contributed by atoms with Crippen LogP contribution in [0.15, 0.2) is 84.9 Å². The molecule has 0 bridgehead atoms. The van der Waals surface area contributed by atoms with Gasteiger partial charge in [0.2, 0.25) is 0 Å². The Hall–Kier alpha value is -2.74. The minimum atomic E-state index is -0.517. The van der Waals surface area contributed by atoms with Gasteiger partial charge in [-0.15, -0.1) is 0 Å². The SMILES string of the molecule is COc1ccc([C@@H]2OC[C@H]3O[C@H](C)[C@@H](OCc4ccccc4)[C@@H](OCc4ccccc4)[C@@H]3O2)cc1. The summed E-state index contributed by atoms with van der Waals surface area (Å²) in [7, 11) is 1.65. The highest BCUT2D eigenvalue weighted by atomic mass is 16.7. The first-order valence-corrected chi connectivity index (χ1v) is 12.1. The summed E-state index contributed by atoms with van der Waals surface area (Å²) in [5, 5.41) is 0. The standard InChI is InChI=1S/C29H32O6/c1-20-26(31-17-21-9-5-3-6-10-21)28(32-18-22-11-7-4-8-12-22)27-25(34-20)19-33-29(35-27)23-13-15-24(30-2)16-14-23/h3-16,20,25-29H,17-19H2,1-2H3/t20-,25-,26-,27-,28-,29-/m1/s1. The minimum Gasteiger partial charge on any atom is -0.497 e. The van der Waals surface area contributed by atoms with Crippen molar-refractivity contribution in [3.8, 4) is 5.75 Å². The smallest absolute Gasteiger partial charge is 0.184 e. The Morgan fingerprint density at radius 1 is 0.743 bits per heavy atom. The van der Waals surface area contributed by atoms with Gasteiger partial charge >= 0.3 is 0 Å².